The molecule has 4 unspecified atom stereocenters. The van der Waals surface area contributed by atoms with Crippen molar-refractivity contribution in [3.05, 3.63) is 72.1 Å². The van der Waals surface area contributed by atoms with Gasteiger partial charge in [-0.05, 0) is 48.1 Å². The lowest BCUT2D eigenvalue weighted by Crippen LogP contribution is -2.58. The number of fused-ring (bicyclic) bond motifs is 2. The van der Waals surface area contributed by atoms with Crippen LogP contribution in [0.15, 0.2) is 60.9 Å². The Morgan fingerprint density at radius 3 is 1.80 bits per heavy atom. The van der Waals surface area contributed by atoms with Crippen molar-refractivity contribution in [2.45, 2.75) is 56.3 Å². The highest BCUT2D eigenvalue weighted by atomic mass is 32.2. The lowest BCUT2D eigenvalue weighted by molar-refractivity contribution is -0.142. The molecule has 46 heavy (non-hydrogen) atoms. The number of para-hydroxylation sites is 2. The molecule has 0 bridgehead atoms. The third-order valence-corrected chi connectivity index (χ3v) is 8.37. The minimum atomic E-state index is -1.26. The van der Waals surface area contributed by atoms with Gasteiger partial charge < -0.3 is 42.5 Å². The Labute approximate surface area is 269 Å². The highest BCUT2D eigenvalue weighted by molar-refractivity contribution is 7.98. The Morgan fingerprint density at radius 2 is 1.26 bits per heavy atom. The summed E-state index contributed by atoms with van der Waals surface area (Å²) in [6.45, 7) is 0. The first kappa shape index (κ1) is 34.1. The number of hydrogen-bond acceptors (Lipinski definition) is 7. The third kappa shape index (κ3) is 8.88. The van der Waals surface area contributed by atoms with Crippen LogP contribution in [0.4, 0.5) is 0 Å². The zero-order valence-corrected chi connectivity index (χ0v) is 26.2. The van der Waals surface area contributed by atoms with Gasteiger partial charge in [-0.25, -0.2) is 4.79 Å². The standard InChI is InChI=1S/C32H39N7O6S/c1-46-13-12-25(30(42)39-27(32(44)45)15-19-17-36-24-9-5-3-7-21(19)24)37-31(43)26(38-29(41)22(33)10-11-28(34)40)14-18-16-35-23-8-4-2-6-20(18)23/h2-9,16-17,22,25-27,35-36H,10-15,33H2,1H3,(H2,34,40)(H,37,43)(H,38,41)(H,39,42)(H,44,45). The first-order valence-corrected chi connectivity index (χ1v) is 16.2. The van der Waals surface area contributed by atoms with Crippen molar-refractivity contribution in [3.8, 4) is 0 Å². The summed E-state index contributed by atoms with van der Waals surface area (Å²) in [4.78, 5) is 70.0. The molecule has 0 radical (unpaired) electrons. The van der Waals surface area contributed by atoms with Gasteiger partial charge in [0.2, 0.25) is 23.6 Å². The van der Waals surface area contributed by atoms with Crippen LogP contribution in [0.2, 0.25) is 0 Å². The molecule has 0 fully saturated rings. The minimum absolute atomic E-state index is 0.00560. The van der Waals surface area contributed by atoms with Crippen LogP contribution < -0.4 is 27.4 Å². The maximum absolute atomic E-state index is 13.8. The number of carbonyl (C=O) groups excluding carboxylic acids is 4. The Kier molecular flexibility index (Phi) is 11.8. The third-order valence-electron chi connectivity index (χ3n) is 7.73. The number of aromatic nitrogens is 2. The topological polar surface area (TPSA) is 225 Å². The van der Waals surface area contributed by atoms with Gasteiger partial charge in [0.15, 0.2) is 0 Å². The zero-order chi connectivity index (χ0) is 33.2. The number of primary amides is 1. The summed E-state index contributed by atoms with van der Waals surface area (Å²) in [6, 6.07) is 10.3. The molecule has 10 N–H and O–H groups in total. The van der Waals surface area contributed by atoms with Crippen molar-refractivity contribution < 1.29 is 29.1 Å². The Morgan fingerprint density at radius 1 is 0.761 bits per heavy atom. The molecule has 0 aliphatic rings. The van der Waals surface area contributed by atoms with Crippen LogP contribution in [-0.4, -0.2) is 80.8 Å². The minimum Gasteiger partial charge on any atom is -0.480 e. The summed E-state index contributed by atoms with van der Waals surface area (Å²) < 4.78 is 0. The molecule has 244 valence electrons. The monoisotopic (exact) mass is 649 g/mol. The first-order chi connectivity index (χ1) is 22.1. The van der Waals surface area contributed by atoms with E-state index in [4.69, 9.17) is 11.5 Å². The normalized spacial score (nSPS) is 13.9. The summed E-state index contributed by atoms with van der Waals surface area (Å²) in [5.74, 6) is -3.30. The van der Waals surface area contributed by atoms with E-state index in [-0.39, 0.29) is 32.1 Å². The van der Waals surface area contributed by atoms with Crippen LogP contribution in [0.1, 0.15) is 30.4 Å². The molecule has 4 rings (SSSR count). The van der Waals surface area contributed by atoms with E-state index in [1.807, 2.05) is 54.8 Å². The Hall–Kier alpha value is -4.82. The zero-order valence-electron chi connectivity index (χ0n) is 25.4. The molecule has 4 amide bonds. The molecule has 13 nitrogen and oxygen atoms in total. The molecular formula is C32H39N7O6S. The molecule has 0 aliphatic carbocycles. The number of hydrogen-bond donors (Lipinski definition) is 8. The molecule has 0 saturated carbocycles. The lowest BCUT2D eigenvalue weighted by atomic mass is 10.0. The molecule has 0 saturated heterocycles. The van der Waals surface area contributed by atoms with E-state index in [2.05, 4.69) is 25.9 Å². The largest absolute Gasteiger partial charge is 0.480 e. The second-order valence-electron chi connectivity index (χ2n) is 11.0. The predicted molar refractivity (Wildman–Crippen MR) is 177 cm³/mol. The van der Waals surface area contributed by atoms with Gasteiger partial charge in [-0.2, -0.15) is 11.8 Å². The fourth-order valence-electron chi connectivity index (χ4n) is 5.21. The van der Waals surface area contributed by atoms with Crippen LogP contribution in [0.5, 0.6) is 0 Å². The van der Waals surface area contributed by atoms with E-state index >= 15 is 0 Å². The molecule has 4 aromatic rings. The second kappa shape index (κ2) is 16.0. The fourth-order valence-corrected chi connectivity index (χ4v) is 5.68. The van der Waals surface area contributed by atoms with E-state index in [0.29, 0.717) is 5.75 Å². The number of amides is 4. The molecule has 14 heteroatoms. The Balaban J connectivity index is 1.53. The second-order valence-corrected chi connectivity index (χ2v) is 12.0. The fraction of sp³-hybridized carbons (Fsp3) is 0.344. The van der Waals surface area contributed by atoms with Crippen molar-refractivity contribution in [2.24, 2.45) is 11.5 Å². The summed E-state index contributed by atoms with van der Waals surface area (Å²) in [5, 5.41) is 19.7. The van der Waals surface area contributed by atoms with E-state index in [1.54, 1.807) is 12.4 Å². The van der Waals surface area contributed by atoms with Crippen LogP contribution in [-0.2, 0) is 36.8 Å². The molecular weight excluding hydrogens is 610 g/mol. The smallest absolute Gasteiger partial charge is 0.326 e. The van der Waals surface area contributed by atoms with Gasteiger partial charge >= 0.3 is 5.97 Å². The average molecular weight is 650 g/mol. The van der Waals surface area contributed by atoms with Crippen LogP contribution in [0.3, 0.4) is 0 Å². The molecule has 0 aliphatic heterocycles. The number of carboxylic acid groups (broad SMARTS) is 1. The van der Waals surface area contributed by atoms with Gasteiger partial charge in [0.25, 0.3) is 0 Å². The number of rotatable bonds is 17. The number of nitrogens with one attached hydrogen (secondary N) is 5. The number of thioether (sulfide) groups is 1. The molecule has 0 spiro atoms. The van der Waals surface area contributed by atoms with Crippen molar-refractivity contribution in [1.82, 2.24) is 25.9 Å². The molecule has 2 aromatic carbocycles. The van der Waals surface area contributed by atoms with Crippen molar-refractivity contribution >= 4 is 63.2 Å². The van der Waals surface area contributed by atoms with Gasteiger partial charge in [-0.15, -0.1) is 0 Å². The molecule has 2 aromatic heterocycles. The van der Waals surface area contributed by atoms with Crippen molar-refractivity contribution in [3.63, 3.8) is 0 Å². The molecule has 4 atom stereocenters. The van der Waals surface area contributed by atoms with Gasteiger partial charge in [0.05, 0.1) is 6.04 Å². The highest BCUT2D eigenvalue weighted by Gasteiger charge is 2.31. The van der Waals surface area contributed by atoms with Crippen molar-refractivity contribution in [1.29, 1.82) is 0 Å². The highest BCUT2D eigenvalue weighted by Crippen LogP contribution is 2.21. The van der Waals surface area contributed by atoms with Crippen LogP contribution in [0.25, 0.3) is 21.8 Å². The number of benzene rings is 2. The molecule has 2 heterocycles. The van der Waals surface area contributed by atoms with Crippen LogP contribution >= 0.6 is 11.8 Å². The average Bonchev–Trinajstić information content (AvgIpc) is 3.64. The number of carbonyl (C=O) groups is 5. The van der Waals surface area contributed by atoms with Crippen molar-refractivity contribution in [2.75, 3.05) is 12.0 Å². The van der Waals surface area contributed by atoms with E-state index in [0.717, 1.165) is 32.9 Å². The number of carboxylic acids is 1. The maximum atomic E-state index is 13.8. The summed E-state index contributed by atoms with van der Waals surface area (Å²) in [5.41, 5.74) is 14.3. The Bertz CT molecular complexity index is 1700. The summed E-state index contributed by atoms with van der Waals surface area (Å²) in [6.07, 6.45) is 5.50. The predicted octanol–water partition coefficient (Wildman–Crippen LogP) is 1.32. The van der Waals surface area contributed by atoms with Gasteiger partial charge in [-0.3, -0.25) is 19.2 Å². The number of nitrogens with two attached hydrogens (primary N) is 2. The van der Waals surface area contributed by atoms with Gasteiger partial charge in [0, 0.05) is 53.5 Å². The quantitative estimate of drug-likeness (QED) is 0.0830. The SMILES string of the molecule is CSCCC(NC(=O)C(Cc1c[nH]c2ccccc12)NC(=O)C(N)CCC(N)=O)C(=O)NC(Cc1c[nH]c2ccccc12)C(=O)O. The van der Waals surface area contributed by atoms with E-state index in [9.17, 15) is 29.1 Å². The lowest BCUT2D eigenvalue weighted by Gasteiger charge is -2.25. The van der Waals surface area contributed by atoms with Gasteiger partial charge in [0.1, 0.15) is 18.1 Å². The van der Waals surface area contributed by atoms with Crippen LogP contribution in [0, 0.1) is 0 Å². The van der Waals surface area contributed by atoms with E-state index < -0.39 is 53.8 Å². The summed E-state index contributed by atoms with van der Waals surface area (Å²) >= 11 is 1.46. The number of aliphatic carboxylic acids is 1. The van der Waals surface area contributed by atoms with Gasteiger partial charge in [-0.1, -0.05) is 36.4 Å². The first-order valence-electron chi connectivity index (χ1n) is 14.8. The maximum Gasteiger partial charge on any atom is 0.326 e. The summed E-state index contributed by atoms with van der Waals surface area (Å²) in [7, 11) is 0. The van der Waals surface area contributed by atoms with E-state index in [1.165, 1.54) is 11.8 Å². The number of aromatic amines is 2. The number of H-pyrrole nitrogens is 2.